The summed E-state index contributed by atoms with van der Waals surface area (Å²) in [6, 6.07) is 5.71. The molecule has 0 bridgehead atoms. The minimum Gasteiger partial charge on any atom is -0.451 e. The van der Waals surface area contributed by atoms with Crippen molar-refractivity contribution in [2.45, 2.75) is 23.6 Å². The van der Waals surface area contributed by atoms with Crippen LogP contribution in [0.25, 0.3) is 22.3 Å². The van der Waals surface area contributed by atoms with Gasteiger partial charge in [0.1, 0.15) is 11.5 Å². The number of ether oxygens (including phenoxy) is 2. The van der Waals surface area contributed by atoms with Crippen LogP contribution in [0.5, 0.6) is 23.0 Å². The lowest BCUT2D eigenvalue weighted by molar-refractivity contribution is 0.366. The average Bonchev–Trinajstić information content (AvgIpc) is 3.22. The molecule has 21 heteroatoms. The van der Waals surface area contributed by atoms with Gasteiger partial charge in [-0.1, -0.05) is 0 Å². The zero-order valence-corrected chi connectivity index (χ0v) is 29.5. The van der Waals surface area contributed by atoms with E-state index >= 15 is 0 Å². The lowest BCUT2D eigenvalue weighted by atomic mass is 9.99. The van der Waals surface area contributed by atoms with E-state index < -0.39 is 169 Å². The molecule has 59 heavy (non-hydrogen) atoms. The van der Waals surface area contributed by atoms with Gasteiger partial charge in [-0.05, 0) is 62.4 Å². The molecule has 0 N–H and O–H groups in total. The van der Waals surface area contributed by atoms with E-state index in [2.05, 4.69) is 0 Å². The first-order valence-corrected chi connectivity index (χ1v) is 17.2. The monoisotopic (exact) mass is 870 g/mol. The summed E-state index contributed by atoms with van der Waals surface area (Å²) in [4.78, 5) is -1.25. The van der Waals surface area contributed by atoms with Crippen LogP contribution in [0.4, 0.5) is 70.2 Å². The minimum absolute atomic E-state index is 0.569. The second-order valence-corrected chi connectivity index (χ2v) is 14.0. The molecule has 0 spiro atoms. The molecule has 0 aliphatic carbocycles. The zero-order chi connectivity index (χ0) is 43.7. The van der Waals surface area contributed by atoms with Crippen molar-refractivity contribution in [2.75, 3.05) is 0 Å². The summed E-state index contributed by atoms with van der Waals surface area (Å²) in [7, 11) is -4.60. The first-order chi connectivity index (χ1) is 27.5. The van der Waals surface area contributed by atoms with Gasteiger partial charge in [0.05, 0.1) is 32.0 Å². The molecule has 4 nitrogen and oxygen atoms in total. The Labute approximate surface area is 319 Å². The van der Waals surface area contributed by atoms with Crippen molar-refractivity contribution in [2.24, 2.45) is 0 Å². The van der Waals surface area contributed by atoms with Crippen LogP contribution in [0.2, 0.25) is 0 Å². The lowest BCUT2D eigenvalue weighted by Crippen LogP contribution is -2.09. The third-order valence-electron chi connectivity index (χ3n) is 8.62. The highest BCUT2D eigenvalue weighted by Crippen LogP contribution is 2.43. The fraction of sp³-hybridized carbons (Fsp3) is 0.0526. The second-order valence-electron chi connectivity index (χ2n) is 12.1. The van der Waals surface area contributed by atoms with Crippen molar-refractivity contribution in [3.8, 4) is 45.3 Å². The molecule has 6 aromatic rings. The van der Waals surface area contributed by atoms with E-state index in [-0.39, 0.29) is 0 Å². The van der Waals surface area contributed by atoms with Gasteiger partial charge >= 0.3 is 0 Å². The third kappa shape index (κ3) is 6.75. The van der Waals surface area contributed by atoms with Crippen molar-refractivity contribution in [1.82, 2.24) is 0 Å². The Morgan fingerprint density at radius 2 is 0.525 bits per heavy atom. The number of hydrogen-bond donors (Lipinski definition) is 0. The van der Waals surface area contributed by atoms with Crippen LogP contribution in [0, 0.1) is 107 Å². The summed E-state index contributed by atoms with van der Waals surface area (Å²) in [5.41, 5.74) is -11.0. The van der Waals surface area contributed by atoms with Crippen molar-refractivity contribution in [3.05, 3.63) is 153 Å². The van der Waals surface area contributed by atoms with Crippen LogP contribution in [-0.4, -0.2) is 8.42 Å². The van der Waals surface area contributed by atoms with Crippen LogP contribution in [0.15, 0.2) is 58.3 Å². The van der Waals surface area contributed by atoms with Crippen LogP contribution in [0.1, 0.15) is 11.1 Å². The summed E-state index contributed by atoms with van der Waals surface area (Å²) in [5, 5.41) is 0. The molecule has 0 unspecified atom stereocenters. The topological polar surface area (TPSA) is 52.6 Å². The second kappa shape index (κ2) is 15.2. The van der Waals surface area contributed by atoms with Crippen molar-refractivity contribution < 1.29 is 88.1 Å². The molecule has 0 aliphatic heterocycles. The molecule has 6 rings (SSSR count). The number of sulfone groups is 1. The Kier molecular flexibility index (Phi) is 10.9. The van der Waals surface area contributed by atoms with E-state index in [1.165, 1.54) is 0 Å². The maximum absolute atomic E-state index is 14.9. The average molecular weight is 871 g/mol. The summed E-state index contributed by atoms with van der Waals surface area (Å²) in [5.74, 6) is -43.0. The number of hydrogen-bond acceptors (Lipinski definition) is 4. The Morgan fingerprint density at radius 3 is 0.746 bits per heavy atom. The molecule has 0 saturated carbocycles. The van der Waals surface area contributed by atoms with Gasteiger partial charge in [-0.3, -0.25) is 0 Å². The SMILES string of the molecule is Cc1c(F)c(F)c(-c2c(F)c(F)c(Oc3ccc(S(=O)(=O)c4ccc(Oc5c(F)c(F)c(-c6c(F)c(F)c(C)c(F)c6F)c(F)c5F)cc4)cc3)c(F)c2F)c(F)c1F. The molecule has 0 aliphatic rings. The molecule has 6 aromatic carbocycles. The van der Waals surface area contributed by atoms with Crippen LogP contribution < -0.4 is 9.47 Å². The summed E-state index contributed by atoms with van der Waals surface area (Å²) < 4.78 is 270. The molecule has 0 amide bonds. The van der Waals surface area contributed by atoms with Gasteiger partial charge < -0.3 is 9.47 Å². The first-order valence-electron chi connectivity index (χ1n) is 15.7. The molecule has 0 radical (unpaired) electrons. The summed E-state index contributed by atoms with van der Waals surface area (Å²) in [6.07, 6.45) is 0. The maximum Gasteiger partial charge on any atom is 0.206 e. The summed E-state index contributed by atoms with van der Waals surface area (Å²) in [6.45, 7) is 1.14. The summed E-state index contributed by atoms with van der Waals surface area (Å²) >= 11 is 0. The smallest absolute Gasteiger partial charge is 0.206 e. The molecule has 0 fully saturated rings. The highest BCUT2D eigenvalue weighted by Gasteiger charge is 2.36. The quantitative estimate of drug-likeness (QED) is 0.113. The van der Waals surface area contributed by atoms with Gasteiger partial charge in [-0.2, -0.15) is 17.6 Å². The Bertz CT molecular complexity index is 2560. The van der Waals surface area contributed by atoms with E-state index in [4.69, 9.17) is 9.47 Å². The van der Waals surface area contributed by atoms with E-state index in [0.29, 0.717) is 38.1 Å². The van der Waals surface area contributed by atoms with E-state index in [1.807, 2.05) is 0 Å². The molecular weight excluding hydrogens is 856 g/mol. The van der Waals surface area contributed by atoms with Crippen molar-refractivity contribution in [3.63, 3.8) is 0 Å². The third-order valence-corrected chi connectivity index (χ3v) is 10.4. The van der Waals surface area contributed by atoms with Gasteiger partial charge in [0.2, 0.25) is 44.6 Å². The number of halogens is 16. The zero-order valence-electron chi connectivity index (χ0n) is 28.7. The maximum atomic E-state index is 14.9. The predicted molar refractivity (Wildman–Crippen MR) is 171 cm³/mol. The molecule has 0 atom stereocenters. The van der Waals surface area contributed by atoms with Crippen molar-refractivity contribution in [1.29, 1.82) is 0 Å². The standard InChI is InChI=1S/C38H14F16O4S/c1-11-21(39)25(43)17(26(44)22(11)40)19-29(47)33(51)37(34(52)30(19)48)57-13-3-7-15(8-4-13)59(55,56)16-9-5-14(6-10-16)58-38-35(53)31(49)20(32(50)36(38)54)18-27(45)23(41)12(2)24(42)28(18)46/h3-10H,1-2H3. The number of rotatable bonds is 8. The van der Waals surface area contributed by atoms with E-state index in [0.717, 1.165) is 24.3 Å². The molecule has 308 valence electrons. The van der Waals surface area contributed by atoms with Gasteiger partial charge in [-0.25, -0.2) is 61.1 Å². The van der Waals surface area contributed by atoms with Crippen LogP contribution in [0.3, 0.4) is 0 Å². The van der Waals surface area contributed by atoms with Gasteiger partial charge in [0, 0.05) is 11.1 Å². The molecule has 0 heterocycles. The first kappa shape index (κ1) is 42.4. The fourth-order valence-corrected chi connectivity index (χ4v) is 6.77. The normalized spacial score (nSPS) is 11.7. The van der Waals surface area contributed by atoms with E-state index in [1.54, 1.807) is 0 Å². The molecule has 0 aromatic heterocycles. The van der Waals surface area contributed by atoms with Crippen LogP contribution >= 0.6 is 0 Å². The van der Waals surface area contributed by atoms with Gasteiger partial charge in [0.15, 0.2) is 69.8 Å². The minimum atomic E-state index is -4.60. The largest absolute Gasteiger partial charge is 0.451 e. The van der Waals surface area contributed by atoms with E-state index in [9.17, 15) is 78.7 Å². The van der Waals surface area contributed by atoms with Gasteiger partial charge in [-0.15, -0.1) is 0 Å². The molecular formula is C38H14F16O4S. The Hall–Kier alpha value is -6.25. The predicted octanol–water partition coefficient (Wildman–Crippen LogP) is 12.3. The molecule has 0 saturated heterocycles. The lowest BCUT2D eigenvalue weighted by Gasteiger charge is -2.15. The van der Waals surface area contributed by atoms with Crippen molar-refractivity contribution >= 4 is 9.84 Å². The Morgan fingerprint density at radius 1 is 0.322 bits per heavy atom. The van der Waals surface area contributed by atoms with Gasteiger partial charge in [0.25, 0.3) is 0 Å². The highest BCUT2D eigenvalue weighted by atomic mass is 32.2. The fourth-order valence-electron chi connectivity index (χ4n) is 5.51. The van der Waals surface area contributed by atoms with Crippen LogP contribution in [-0.2, 0) is 9.84 Å². The highest BCUT2D eigenvalue weighted by molar-refractivity contribution is 7.91. The number of benzene rings is 6. The Balaban J connectivity index is 1.25.